The highest BCUT2D eigenvalue weighted by Gasteiger charge is 2.30. The van der Waals surface area contributed by atoms with E-state index >= 15 is 0 Å². The summed E-state index contributed by atoms with van der Waals surface area (Å²) in [6, 6.07) is 5.85. The quantitative estimate of drug-likeness (QED) is 0.747. The number of aromatic nitrogens is 2. The van der Waals surface area contributed by atoms with E-state index in [0.29, 0.717) is 17.9 Å². The second-order valence-corrected chi connectivity index (χ2v) is 8.21. The summed E-state index contributed by atoms with van der Waals surface area (Å²) in [4.78, 5) is 24.2. The van der Waals surface area contributed by atoms with Gasteiger partial charge >= 0.3 is 5.97 Å². The number of hydrogen-bond donors (Lipinski definition) is 1. The van der Waals surface area contributed by atoms with Crippen molar-refractivity contribution in [3.63, 3.8) is 0 Å². The summed E-state index contributed by atoms with van der Waals surface area (Å²) in [5.41, 5.74) is 0.906. The number of amides is 1. The smallest absolute Gasteiger partial charge is 0.338 e. The largest absolute Gasteiger partial charge is 0.449 e. The van der Waals surface area contributed by atoms with Gasteiger partial charge in [-0.15, -0.1) is 10.2 Å². The van der Waals surface area contributed by atoms with Crippen molar-refractivity contribution in [2.45, 2.75) is 25.5 Å². The van der Waals surface area contributed by atoms with Crippen LogP contribution in [-0.2, 0) is 19.4 Å². The van der Waals surface area contributed by atoms with Gasteiger partial charge in [-0.3, -0.25) is 4.79 Å². The Kier molecular flexibility index (Phi) is 5.03. The molecular formula is C16H17N3O6S. The summed E-state index contributed by atoms with van der Waals surface area (Å²) in [6.07, 6.45) is 0.528. The molecule has 1 N–H and O–H groups in total. The molecule has 1 aliphatic rings. The molecule has 1 saturated heterocycles. The molecule has 0 radical (unpaired) electrons. The fourth-order valence-electron chi connectivity index (χ4n) is 2.56. The lowest BCUT2D eigenvalue weighted by Gasteiger charge is -2.16. The molecule has 0 spiro atoms. The Hall–Kier alpha value is -2.75. The van der Waals surface area contributed by atoms with Gasteiger partial charge in [-0.1, -0.05) is 0 Å². The molecule has 0 aliphatic carbocycles. The summed E-state index contributed by atoms with van der Waals surface area (Å²) >= 11 is 0. The van der Waals surface area contributed by atoms with Crippen LogP contribution in [0.4, 0.5) is 0 Å². The molecule has 10 heteroatoms. The summed E-state index contributed by atoms with van der Waals surface area (Å²) < 4.78 is 33.0. The Morgan fingerprint density at radius 3 is 2.62 bits per heavy atom. The SMILES string of the molecule is C[C@H](OC(=O)c1ccc(-c2nnco2)cc1)C(=O)N[C@@H]1CCS(=O)(=O)C1. The van der Waals surface area contributed by atoms with E-state index in [-0.39, 0.29) is 17.1 Å². The van der Waals surface area contributed by atoms with Gasteiger partial charge in [0.05, 0.1) is 17.1 Å². The summed E-state index contributed by atoms with van der Waals surface area (Å²) in [5.74, 6) is -0.898. The maximum absolute atomic E-state index is 12.1. The number of carbonyl (C=O) groups excluding carboxylic acids is 2. The van der Waals surface area contributed by atoms with Gasteiger partial charge in [-0.25, -0.2) is 13.2 Å². The third-order valence-corrected chi connectivity index (χ3v) is 5.73. The first-order chi connectivity index (χ1) is 12.3. The number of ether oxygens (including phenoxy) is 1. The molecule has 138 valence electrons. The van der Waals surface area contributed by atoms with E-state index in [1.54, 1.807) is 12.1 Å². The maximum Gasteiger partial charge on any atom is 0.338 e. The number of sulfone groups is 1. The highest BCUT2D eigenvalue weighted by molar-refractivity contribution is 7.91. The topological polar surface area (TPSA) is 128 Å². The second kappa shape index (κ2) is 7.24. The van der Waals surface area contributed by atoms with Crippen molar-refractivity contribution in [3.8, 4) is 11.5 Å². The Morgan fingerprint density at radius 1 is 1.31 bits per heavy atom. The molecule has 1 aromatic carbocycles. The maximum atomic E-state index is 12.1. The molecular weight excluding hydrogens is 362 g/mol. The highest BCUT2D eigenvalue weighted by atomic mass is 32.2. The molecule has 0 unspecified atom stereocenters. The molecule has 0 bridgehead atoms. The summed E-state index contributed by atoms with van der Waals surface area (Å²) in [6.45, 7) is 1.43. The predicted molar refractivity (Wildman–Crippen MR) is 89.8 cm³/mol. The van der Waals surface area contributed by atoms with E-state index in [4.69, 9.17) is 9.15 Å². The van der Waals surface area contributed by atoms with E-state index in [0.717, 1.165) is 0 Å². The van der Waals surface area contributed by atoms with Crippen LogP contribution in [0.3, 0.4) is 0 Å². The molecule has 2 heterocycles. The van der Waals surface area contributed by atoms with Gasteiger partial charge in [0.2, 0.25) is 12.3 Å². The first kappa shape index (κ1) is 18.1. The van der Waals surface area contributed by atoms with Crippen LogP contribution in [0.1, 0.15) is 23.7 Å². The number of nitrogens with zero attached hydrogens (tertiary/aromatic N) is 2. The van der Waals surface area contributed by atoms with Crippen molar-refractivity contribution < 1.29 is 27.2 Å². The Labute approximate surface area is 149 Å². The van der Waals surface area contributed by atoms with Crippen molar-refractivity contribution in [1.82, 2.24) is 15.5 Å². The van der Waals surface area contributed by atoms with Crippen LogP contribution in [0.2, 0.25) is 0 Å². The van der Waals surface area contributed by atoms with Crippen LogP contribution in [0.15, 0.2) is 35.1 Å². The lowest BCUT2D eigenvalue weighted by molar-refractivity contribution is -0.129. The van der Waals surface area contributed by atoms with Crippen molar-refractivity contribution >= 4 is 21.7 Å². The number of rotatable bonds is 5. The first-order valence-electron chi connectivity index (χ1n) is 7.92. The van der Waals surface area contributed by atoms with E-state index in [9.17, 15) is 18.0 Å². The molecule has 2 aromatic rings. The lowest BCUT2D eigenvalue weighted by atomic mass is 10.1. The number of carbonyl (C=O) groups is 2. The minimum absolute atomic E-state index is 0.0541. The van der Waals surface area contributed by atoms with Crippen molar-refractivity contribution in [2.75, 3.05) is 11.5 Å². The third kappa shape index (κ3) is 4.26. The third-order valence-electron chi connectivity index (χ3n) is 3.96. The zero-order valence-corrected chi connectivity index (χ0v) is 14.7. The Morgan fingerprint density at radius 2 is 2.04 bits per heavy atom. The van der Waals surface area contributed by atoms with Gasteiger partial charge in [-0.05, 0) is 37.6 Å². The Bertz CT molecular complexity index is 893. The van der Waals surface area contributed by atoms with E-state index in [2.05, 4.69) is 15.5 Å². The minimum atomic E-state index is -3.10. The lowest BCUT2D eigenvalue weighted by Crippen LogP contribution is -2.42. The molecule has 2 atom stereocenters. The van der Waals surface area contributed by atoms with Crippen LogP contribution in [0.5, 0.6) is 0 Å². The van der Waals surface area contributed by atoms with Gasteiger partial charge in [0.25, 0.3) is 5.91 Å². The first-order valence-corrected chi connectivity index (χ1v) is 9.74. The zero-order valence-electron chi connectivity index (χ0n) is 13.9. The fraction of sp³-hybridized carbons (Fsp3) is 0.375. The van der Waals surface area contributed by atoms with Crippen molar-refractivity contribution in [3.05, 3.63) is 36.2 Å². The van der Waals surface area contributed by atoms with Crippen LogP contribution < -0.4 is 5.32 Å². The van der Waals surface area contributed by atoms with Crippen LogP contribution in [0.25, 0.3) is 11.5 Å². The van der Waals surface area contributed by atoms with Crippen molar-refractivity contribution in [2.24, 2.45) is 0 Å². The average Bonchev–Trinajstić information content (AvgIpc) is 3.24. The summed E-state index contributed by atoms with van der Waals surface area (Å²) in [7, 11) is -3.10. The zero-order chi connectivity index (χ0) is 18.7. The molecule has 26 heavy (non-hydrogen) atoms. The molecule has 9 nitrogen and oxygen atoms in total. The molecule has 1 aliphatic heterocycles. The van der Waals surface area contributed by atoms with Gasteiger partial charge in [0.15, 0.2) is 15.9 Å². The van der Waals surface area contributed by atoms with Crippen LogP contribution >= 0.6 is 0 Å². The Balaban J connectivity index is 1.56. The van der Waals surface area contributed by atoms with E-state index in [1.807, 2.05) is 0 Å². The normalized spacial score (nSPS) is 19.7. The minimum Gasteiger partial charge on any atom is -0.449 e. The predicted octanol–water partition coefficient (Wildman–Crippen LogP) is 0.585. The number of nitrogens with one attached hydrogen (secondary N) is 1. The monoisotopic (exact) mass is 379 g/mol. The number of esters is 1. The molecule has 1 amide bonds. The van der Waals surface area contributed by atoms with Crippen LogP contribution in [0, 0.1) is 0 Å². The van der Waals surface area contributed by atoms with Crippen LogP contribution in [-0.4, -0.2) is 54.1 Å². The van der Waals surface area contributed by atoms with Gasteiger partial charge < -0.3 is 14.5 Å². The van der Waals surface area contributed by atoms with E-state index in [1.165, 1.54) is 25.5 Å². The van der Waals surface area contributed by atoms with Crippen molar-refractivity contribution in [1.29, 1.82) is 0 Å². The van der Waals surface area contributed by atoms with E-state index < -0.39 is 33.9 Å². The standard InChI is InChI=1S/C16H17N3O6S/c1-10(14(20)18-13-6-7-26(22,23)8-13)25-16(21)12-4-2-11(3-5-12)15-19-17-9-24-15/h2-5,9-10,13H,6-8H2,1H3,(H,18,20)/t10-,13+/m0/s1. The number of benzene rings is 1. The molecule has 3 rings (SSSR count). The highest BCUT2D eigenvalue weighted by Crippen LogP contribution is 2.17. The molecule has 0 saturated carbocycles. The number of hydrogen-bond acceptors (Lipinski definition) is 8. The second-order valence-electron chi connectivity index (χ2n) is 5.98. The van der Waals surface area contributed by atoms with Gasteiger partial charge in [0.1, 0.15) is 0 Å². The van der Waals surface area contributed by atoms with Gasteiger partial charge in [-0.2, -0.15) is 0 Å². The molecule has 1 fully saturated rings. The fourth-order valence-corrected chi connectivity index (χ4v) is 4.23. The average molecular weight is 379 g/mol. The summed E-state index contributed by atoms with van der Waals surface area (Å²) in [5, 5.41) is 9.93. The molecule has 1 aromatic heterocycles. The van der Waals surface area contributed by atoms with Gasteiger partial charge in [0, 0.05) is 11.6 Å².